The lowest BCUT2D eigenvalue weighted by molar-refractivity contribution is 0.0937. The van der Waals surface area contributed by atoms with E-state index >= 15 is 0 Å². The fourth-order valence-corrected chi connectivity index (χ4v) is 2.59. The number of aryl methyl sites for hydroxylation is 1. The molecule has 4 heteroatoms. The molecule has 1 atom stereocenters. The summed E-state index contributed by atoms with van der Waals surface area (Å²) in [5.74, 6) is 1.26. The summed E-state index contributed by atoms with van der Waals surface area (Å²) in [5, 5.41) is 3.04. The monoisotopic (exact) mass is 311 g/mol. The summed E-state index contributed by atoms with van der Waals surface area (Å²) in [4.78, 5) is 12.3. The average molecular weight is 311 g/mol. The Morgan fingerprint density at radius 3 is 2.61 bits per heavy atom. The van der Waals surface area contributed by atoms with Crippen molar-refractivity contribution in [3.05, 3.63) is 59.7 Å². The van der Waals surface area contributed by atoms with Gasteiger partial charge in [-0.1, -0.05) is 30.3 Å². The second-order valence-corrected chi connectivity index (χ2v) is 5.76. The van der Waals surface area contributed by atoms with Crippen molar-refractivity contribution in [3.8, 4) is 11.5 Å². The minimum absolute atomic E-state index is 0.0810. The van der Waals surface area contributed by atoms with Gasteiger partial charge < -0.3 is 14.8 Å². The van der Waals surface area contributed by atoms with Gasteiger partial charge in [0.1, 0.15) is 13.2 Å². The van der Waals surface area contributed by atoms with Crippen LogP contribution in [-0.2, 0) is 6.42 Å². The Kier molecular flexibility index (Phi) is 4.81. The number of hydrogen-bond donors (Lipinski definition) is 1. The molecule has 0 fully saturated rings. The smallest absolute Gasteiger partial charge is 0.251 e. The van der Waals surface area contributed by atoms with Crippen molar-refractivity contribution in [2.45, 2.75) is 25.8 Å². The fraction of sp³-hybridized carbons (Fsp3) is 0.316. The van der Waals surface area contributed by atoms with Crippen molar-refractivity contribution >= 4 is 5.91 Å². The van der Waals surface area contributed by atoms with Crippen LogP contribution in [0.1, 0.15) is 29.3 Å². The van der Waals surface area contributed by atoms with Crippen molar-refractivity contribution in [1.82, 2.24) is 5.32 Å². The highest BCUT2D eigenvalue weighted by molar-refractivity contribution is 5.95. The van der Waals surface area contributed by atoms with Crippen molar-refractivity contribution in [2.24, 2.45) is 0 Å². The maximum Gasteiger partial charge on any atom is 0.251 e. The highest BCUT2D eigenvalue weighted by atomic mass is 16.6. The first-order chi connectivity index (χ1) is 11.2. The van der Waals surface area contributed by atoms with Crippen LogP contribution in [0.3, 0.4) is 0 Å². The lowest BCUT2D eigenvalue weighted by atomic mass is 10.1. The largest absolute Gasteiger partial charge is 0.486 e. The minimum Gasteiger partial charge on any atom is -0.486 e. The van der Waals surface area contributed by atoms with E-state index in [1.54, 1.807) is 18.2 Å². The standard InChI is InChI=1S/C19H21NO3/c1-14(7-8-15-5-3-2-4-6-15)20-19(21)16-9-10-17-18(13-16)23-12-11-22-17/h2-6,9-10,13-14H,7-8,11-12H2,1H3,(H,20,21)/t14-/m0/s1. The SMILES string of the molecule is C[C@@H](CCc1ccccc1)NC(=O)c1ccc2c(c1)OCCO2. The molecule has 0 saturated heterocycles. The second-order valence-electron chi connectivity index (χ2n) is 5.76. The molecule has 0 saturated carbocycles. The topological polar surface area (TPSA) is 47.6 Å². The highest BCUT2D eigenvalue weighted by Gasteiger charge is 2.16. The van der Waals surface area contributed by atoms with Gasteiger partial charge in [-0.15, -0.1) is 0 Å². The predicted octanol–water partition coefficient (Wildman–Crippen LogP) is 3.21. The molecule has 0 bridgehead atoms. The zero-order valence-corrected chi connectivity index (χ0v) is 13.2. The third-order valence-corrected chi connectivity index (χ3v) is 3.89. The molecule has 1 aliphatic rings. The molecule has 1 N–H and O–H groups in total. The van der Waals surface area contributed by atoms with E-state index in [1.165, 1.54) is 5.56 Å². The van der Waals surface area contributed by atoms with Crippen LogP contribution >= 0.6 is 0 Å². The average Bonchev–Trinajstić information content (AvgIpc) is 2.60. The Labute approximate surface area is 136 Å². The van der Waals surface area contributed by atoms with Crippen LogP contribution in [0, 0.1) is 0 Å². The van der Waals surface area contributed by atoms with Crippen LogP contribution in [-0.4, -0.2) is 25.2 Å². The lowest BCUT2D eigenvalue weighted by Crippen LogP contribution is -2.33. The molecule has 0 radical (unpaired) electrons. The Balaban J connectivity index is 1.56. The van der Waals surface area contributed by atoms with E-state index in [0.29, 0.717) is 30.3 Å². The molecule has 2 aromatic carbocycles. The number of carbonyl (C=O) groups excluding carboxylic acids is 1. The summed E-state index contributed by atoms with van der Waals surface area (Å²) in [5.41, 5.74) is 1.88. The van der Waals surface area contributed by atoms with E-state index < -0.39 is 0 Å². The molecule has 23 heavy (non-hydrogen) atoms. The first-order valence-corrected chi connectivity index (χ1v) is 7.97. The Hall–Kier alpha value is -2.49. The molecule has 4 nitrogen and oxygen atoms in total. The van der Waals surface area contributed by atoms with Crippen LogP contribution in [0.4, 0.5) is 0 Å². The molecule has 0 aliphatic carbocycles. The number of hydrogen-bond acceptors (Lipinski definition) is 3. The van der Waals surface area contributed by atoms with E-state index in [1.807, 2.05) is 25.1 Å². The van der Waals surface area contributed by atoms with Crippen LogP contribution in [0.2, 0.25) is 0 Å². The van der Waals surface area contributed by atoms with Gasteiger partial charge in [0.25, 0.3) is 5.91 Å². The van der Waals surface area contributed by atoms with Crippen molar-refractivity contribution < 1.29 is 14.3 Å². The van der Waals surface area contributed by atoms with Crippen molar-refractivity contribution in [1.29, 1.82) is 0 Å². The van der Waals surface area contributed by atoms with Crippen molar-refractivity contribution in [3.63, 3.8) is 0 Å². The van der Waals surface area contributed by atoms with Gasteiger partial charge in [0.05, 0.1) is 0 Å². The second kappa shape index (κ2) is 7.18. The zero-order valence-electron chi connectivity index (χ0n) is 13.2. The molecule has 1 aliphatic heterocycles. The molecule has 1 heterocycles. The summed E-state index contributed by atoms with van der Waals surface area (Å²) in [7, 11) is 0. The van der Waals surface area contributed by atoms with Gasteiger partial charge >= 0.3 is 0 Å². The van der Waals surface area contributed by atoms with E-state index in [2.05, 4.69) is 17.4 Å². The van der Waals surface area contributed by atoms with Gasteiger partial charge in [-0.2, -0.15) is 0 Å². The summed E-state index contributed by atoms with van der Waals surface area (Å²) in [6.07, 6.45) is 1.85. The molecule has 2 aromatic rings. The molecule has 1 amide bonds. The number of nitrogens with one attached hydrogen (secondary N) is 1. The van der Waals surface area contributed by atoms with E-state index in [4.69, 9.17) is 9.47 Å². The number of benzene rings is 2. The molecule has 3 rings (SSSR count). The minimum atomic E-state index is -0.0810. The van der Waals surface area contributed by atoms with Gasteiger partial charge in [-0.3, -0.25) is 4.79 Å². The number of amides is 1. The maximum atomic E-state index is 12.3. The Morgan fingerprint density at radius 1 is 1.09 bits per heavy atom. The van der Waals surface area contributed by atoms with Crippen LogP contribution < -0.4 is 14.8 Å². The molecule has 120 valence electrons. The van der Waals surface area contributed by atoms with Crippen LogP contribution in [0.5, 0.6) is 11.5 Å². The third kappa shape index (κ3) is 4.03. The molecular weight excluding hydrogens is 290 g/mol. The molecular formula is C19H21NO3. The van der Waals surface area contributed by atoms with Gasteiger partial charge in [0.2, 0.25) is 0 Å². The molecule has 0 unspecified atom stereocenters. The summed E-state index contributed by atoms with van der Waals surface area (Å²) in [6.45, 7) is 3.10. The summed E-state index contributed by atoms with van der Waals surface area (Å²) < 4.78 is 11.0. The van der Waals surface area contributed by atoms with Crippen molar-refractivity contribution in [2.75, 3.05) is 13.2 Å². The Morgan fingerprint density at radius 2 is 1.83 bits per heavy atom. The van der Waals surface area contributed by atoms with Crippen LogP contribution in [0.15, 0.2) is 48.5 Å². The van der Waals surface area contributed by atoms with E-state index in [-0.39, 0.29) is 11.9 Å². The first kappa shape index (κ1) is 15.4. The predicted molar refractivity (Wildman–Crippen MR) is 89.1 cm³/mol. The van der Waals surface area contributed by atoms with Gasteiger partial charge in [-0.05, 0) is 43.5 Å². The van der Waals surface area contributed by atoms with Gasteiger partial charge in [0.15, 0.2) is 11.5 Å². The normalized spacial score (nSPS) is 14.1. The maximum absolute atomic E-state index is 12.3. The highest BCUT2D eigenvalue weighted by Crippen LogP contribution is 2.30. The molecule has 0 spiro atoms. The number of rotatable bonds is 5. The lowest BCUT2D eigenvalue weighted by Gasteiger charge is -2.19. The number of fused-ring (bicyclic) bond motifs is 1. The van der Waals surface area contributed by atoms with Gasteiger partial charge in [-0.25, -0.2) is 0 Å². The van der Waals surface area contributed by atoms with Crippen LogP contribution in [0.25, 0.3) is 0 Å². The fourth-order valence-electron chi connectivity index (χ4n) is 2.59. The summed E-state index contributed by atoms with van der Waals surface area (Å²) >= 11 is 0. The molecule has 0 aromatic heterocycles. The first-order valence-electron chi connectivity index (χ1n) is 7.97. The van der Waals surface area contributed by atoms with E-state index in [0.717, 1.165) is 12.8 Å². The Bertz CT molecular complexity index is 670. The number of ether oxygens (including phenoxy) is 2. The quantitative estimate of drug-likeness (QED) is 0.922. The third-order valence-electron chi connectivity index (χ3n) is 3.89. The number of carbonyl (C=O) groups is 1. The zero-order chi connectivity index (χ0) is 16.1. The summed E-state index contributed by atoms with van der Waals surface area (Å²) in [6, 6.07) is 15.7. The van der Waals surface area contributed by atoms with Gasteiger partial charge in [0, 0.05) is 11.6 Å². The van der Waals surface area contributed by atoms with E-state index in [9.17, 15) is 4.79 Å².